The van der Waals surface area contributed by atoms with Crippen molar-refractivity contribution in [1.29, 1.82) is 0 Å². The van der Waals surface area contributed by atoms with Crippen LogP contribution in [0.2, 0.25) is 0 Å². The van der Waals surface area contributed by atoms with E-state index in [-0.39, 0.29) is 0 Å². The second kappa shape index (κ2) is 43.6. The minimum Gasteiger partial charge on any atom is -0.444 e. The summed E-state index contributed by atoms with van der Waals surface area (Å²) in [5.74, 6) is 0. The molecule has 0 unspecified atom stereocenters. The minimum atomic E-state index is -0.510. The van der Waals surface area contributed by atoms with Gasteiger partial charge in [-0.1, -0.05) is 64.7 Å². The monoisotopic (exact) mass is 770 g/mol. The summed E-state index contributed by atoms with van der Waals surface area (Å²) in [6.45, 7) is 19.7. The van der Waals surface area contributed by atoms with Gasteiger partial charge in [0.25, 0.3) is 0 Å². The second-order valence-electron chi connectivity index (χ2n) is 13.3. The molecule has 0 aliphatic rings. The number of alkyl carbamates (subject to hydrolysis) is 1. The second-order valence-corrected chi connectivity index (χ2v) is 13.3. The van der Waals surface area contributed by atoms with Crippen LogP contribution in [0.1, 0.15) is 91.9 Å². The molecule has 14 heteroatoms. The number of amides is 1. The van der Waals surface area contributed by atoms with E-state index in [4.69, 9.17) is 56.8 Å². The number of carbonyl (C=O) groups is 1. The van der Waals surface area contributed by atoms with Gasteiger partial charge in [-0.25, -0.2) is 4.79 Å². The molecule has 318 valence electrons. The predicted octanol–water partition coefficient (Wildman–Crippen LogP) is 5.61. The molecule has 14 nitrogen and oxygen atoms in total. The third-order valence-electron chi connectivity index (χ3n) is 7.28. The van der Waals surface area contributed by atoms with Crippen molar-refractivity contribution in [2.24, 2.45) is 0 Å². The summed E-state index contributed by atoms with van der Waals surface area (Å²) >= 11 is 0. The first kappa shape index (κ1) is 51.8. The van der Waals surface area contributed by atoms with E-state index in [1.165, 1.54) is 57.8 Å². The summed E-state index contributed by atoms with van der Waals surface area (Å²) in [4.78, 5) is 11.5. The zero-order valence-corrected chi connectivity index (χ0v) is 34.1. The summed E-state index contributed by atoms with van der Waals surface area (Å²) < 4.78 is 65.7. The van der Waals surface area contributed by atoms with E-state index in [1.54, 1.807) is 0 Å². The molecule has 0 bridgehead atoms. The fraction of sp³-hybridized carbons (Fsp3) is 0.974. The van der Waals surface area contributed by atoms with Gasteiger partial charge < -0.3 is 62.2 Å². The molecule has 0 aromatic carbocycles. The Morgan fingerprint density at radius 2 is 0.604 bits per heavy atom. The number of carbonyl (C=O) groups excluding carboxylic acids is 1. The highest BCUT2D eigenvalue weighted by Crippen LogP contribution is 2.10. The Kier molecular flexibility index (Phi) is 42.6. The van der Waals surface area contributed by atoms with Gasteiger partial charge in [-0.15, -0.1) is 0 Å². The van der Waals surface area contributed by atoms with Crippen LogP contribution in [0.4, 0.5) is 4.79 Å². The first-order chi connectivity index (χ1) is 26.0. The maximum absolute atomic E-state index is 11.5. The molecule has 0 aliphatic heterocycles. The van der Waals surface area contributed by atoms with E-state index < -0.39 is 11.7 Å². The molecule has 0 saturated carbocycles. The highest BCUT2D eigenvalue weighted by atomic mass is 16.6. The Balaban J connectivity index is 3.09. The molecule has 0 atom stereocenters. The molecule has 1 amide bonds. The van der Waals surface area contributed by atoms with Crippen LogP contribution in [-0.4, -0.2) is 164 Å². The molecule has 0 aliphatic carbocycles. The Labute approximate surface area is 322 Å². The maximum atomic E-state index is 11.5. The lowest BCUT2D eigenvalue weighted by molar-refractivity contribution is -0.0275. The van der Waals surface area contributed by atoms with Crippen LogP contribution in [0.15, 0.2) is 0 Å². The van der Waals surface area contributed by atoms with Crippen LogP contribution < -0.4 is 5.32 Å². The number of rotatable bonds is 44. The largest absolute Gasteiger partial charge is 0.444 e. The maximum Gasteiger partial charge on any atom is 0.407 e. The summed E-state index contributed by atoms with van der Waals surface area (Å²) in [5, 5.41) is 2.63. The molecule has 0 heterocycles. The normalized spacial score (nSPS) is 11.8. The molecular formula is C39H79NO13. The summed E-state index contributed by atoms with van der Waals surface area (Å²) in [6.07, 6.45) is 12.9. The number of nitrogens with one attached hydrogen (secondary N) is 1. The number of unbranched alkanes of at least 4 members (excludes halogenated alkanes) is 9. The van der Waals surface area contributed by atoms with E-state index in [0.717, 1.165) is 13.0 Å². The number of hydrogen-bond acceptors (Lipinski definition) is 13. The quantitative estimate of drug-likeness (QED) is 0.0769. The molecule has 53 heavy (non-hydrogen) atoms. The van der Waals surface area contributed by atoms with Crippen LogP contribution in [0.3, 0.4) is 0 Å². The van der Waals surface area contributed by atoms with Gasteiger partial charge in [0.2, 0.25) is 0 Å². The lowest BCUT2D eigenvalue weighted by Crippen LogP contribution is -2.34. The Hall–Kier alpha value is -1.17. The molecule has 0 rings (SSSR count). The first-order valence-corrected chi connectivity index (χ1v) is 20.3. The molecule has 1 N–H and O–H groups in total. The van der Waals surface area contributed by atoms with Crippen LogP contribution in [0, 0.1) is 0 Å². The van der Waals surface area contributed by atoms with E-state index in [1.807, 2.05) is 20.8 Å². The van der Waals surface area contributed by atoms with Crippen molar-refractivity contribution < 1.29 is 61.6 Å². The van der Waals surface area contributed by atoms with Gasteiger partial charge >= 0.3 is 6.09 Å². The lowest BCUT2D eigenvalue weighted by Gasteiger charge is -2.19. The van der Waals surface area contributed by atoms with Gasteiger partial charge in [-0.05, 0) is 27.2 Å². The minimum absolute atomic E-state index is 0.385. The van der Waals surface area contributed by atoms with Gasteiger partial charge in [0.15, 0.2) is 0 Å². The summed E-state index contributed by atoms with van der Waals surface area (Å²) in [5.41, 5.74) is -0.510. The average molecular weight is 770 g/mol. The molecule has 0 spiro atoms. The fourth-order valence-electron chi connectivity index (χ4n) is 4.53. The number of ether oxygens (including phenoxy) is 12. The molecule has 0 radical (unpaired) electrons. The van der Waals surface area contributed by atoms with Gasteiger partial charge in [0, 0.05) is 13.2 Å². The van der Waals surface area contributed by atoms with Gasteiger partial charge in [-0.3, -0.25) is 0 Å². The van der Waals surface area contributed by atoms with Gasteiger partial charge in [0.1, 0.15) is 5.60 Å². The van der Waals surface area contributed by atoms with Crippen LogP contribution in [0.5, 0.6) is 0 Å². The highest BCUT2D eigenvalue weighted by molar-refractivity contribution is 5.67. The van der Waals surface area contributed by atoms with E-state index >= 15 is 0 Å². The first-order valence-electron chi connectivity index (χ1n) is 20.3. The van der Waals surface area contributed by atoms with Gasteiger partial charge in [-0.2, -0.15) is 0 Å². The molecule has 0 saturated heterocycles. The SMILES string of the molecule is CCCCCCCCCCCCOCCOCCOCCOCCOCCOCCOCCOCCOCCOCCOCCNC(=O)OC(C)(C)C. The molecule has 0 fully saturated rings. The van der Waals surface area contributed by atoms with Gasteiger partial charge in [0.05, 0.1) is 139 Å². The van der Waals surface area contributed by atoms with Crippen molar-refractivity contribution in [2.75, 3.05) is 152 Å². The third kappa shape index (κ3) is 48.8. The van der Waals surface area contributed by atoms with Crippen LogP contribution in [0.25, 0.3) is 0 Å². The zero-order chi connectivity index (χ0) is 38.6. The molecule has 0 aromatic rings. The van der Waals surface area contributed by atoms with E-state index in [0.29, 0.717) is 145 Å². The van der Waals surface area contributed by atoms with Crippen molar-refractivity contribution in [2.45, 2.75) is 97.5 Å². The Bertz CT molecular complexity index is 715. The Morgan fingerprint density at radius 1 is 0.358 bits per heavy atom. The van der Waals surface area contributed by atoms with Crippen molar-refractivity contribution in [3.63, 3.8) is 0 Å². The number of hydrogen-bond donors (Lipinski definition) is 1. The van der Waals surface area contributed by atoms with E-state index in [9.17, 15) is 4.79 Å². The highest BCUT2D eigenvalue weighted by Gasteiger charge is 2.15. The summed E-state index contributed by atoms with van der Waals surface area (Å²) in [7, 11) is 0. The third-order valence-corrected chi connectivity index (χ3v) is 7.28. The predicted molar refractivity (Wildman–Crippen MR) is 205 cm³/mol. The Morgan fingerprint density at radius 3 is 0.887 bits per heavy atom. The van der Waals surface area contributed by atoms with E-state index in [2.05, 4.69) is 12.2 Å². The summed E-state index contributed by atoms with van der Waals surface area (Å²) in [6, 6.07) is 0. The van der Waals surface area contributed by atoms with Crippen LogP contribution >= 0.6 is 0 Å². The van der Waals surface area contributed by atoms with Crippen molar-refractivity contribution in [3.05, 3.63) is 0 Å². The van der Waals surface area contributed by atoms with Crippen molar-refractivity contribution in [3.8, 4) is 0 Å². The zero-order valence-electron chi connectivity index (χ0n) is 34.1. The van der Waals surface area contributed by atoms with Crippen molar-refractivity contribution in [1.82, 2.24) is 5.32 Å². The molecule has 0 aromatic heterocycles. The van der Waals surface area contributed by atoms with Crippen LogP contribution in [-0.2, 0) is 56.8 Å². The fourth-order valence-corrected chi connectivity index (χ4v) is 4.53. The van der Waals surface area contributed by atoms with Crippen molar-refractivity contribution >= 4 is 6.09 Å². The molecular weight excluding hydrogens is 690 g/mol. The lowest BCUT2D eigenvalue weighted by atomic mass is 10.1. The smallest absolute Gasteiger partial charge is 0.407 e. The standard InChI is InChI=1S/C39H79NO13/c1-5-6-7-8-9-10-11-12-13-14-16-42-18-20-44-22-24-46-26-28-48-30-32-50-34-36-52-37-35-51-33-31-49-29-27-47-25-23-45-21-19-43-17-15-40-38(41)53-39(2,3)4/h5-37H2,1-4H3,(H,40,41). The average Bonchev–Trinajstić information content (AvgIpc) is 3.12. The topological polar surface area (TPSA) is 140 Å².